The van der Waals surface area contributed by atoms with Crippen LogP contribution >= 0.6 is 46.3 Å². The highest BCUT2D eigenvalue weighted by molar-refractivity contribution is 7.99. The topological polar surface area (TPSA) is 125 Å². The van der Waals surface area contributed by atoms with Gasteiger partial charge < -0.3 is 19.2 Å². The third-order valence-electron chi connectivity index (χ3n) is 5.61. The summed E-state index contributed by atoms with van der Waals surface area (Å²) in [5.41, 5.74) is 0.0521. The maximum atomic E-state index is 14.0. The molecule has 4 rings (SSSR count). The number of nitrogens with zero attached hydrogens (tertiary/aromatic N) is 3. The summed E-state index contributed by atoms with van der Waals surface area (Å²) in [6.45, 7) is 4.33. The number of hydrogen-bond donors (Lipinski definition) is 1. The first kappa shape index (κ1) is 27.6. The molecule has 0 spiro atoms. The van der Waals surface area contributed by atoms with Gasteiger partial charge in [-0.2, -0.15) is 0 Å². The van der Waals surface area contributed by atoms with Gasteiger partial charge in [-0.25, -0.2) is 9.07 Å². The maximum Gasteiger partial charge on any atom is 0.304 e. The highest BCUT2D eigenvalue weighted by atomic mass is 35.5. The number of benzene rings is 1. The Hall–Kier alpha value is -2.45. The first-order chi connectivity index (χ1) is 17.5. The normalized spacial score (nSPS) is 23.6. The molecule has 0 radical (unpaired) electrons. The number of carbonyl (C=O) groups excluding carboxylic acids is 2. The van der Waals surface area contributed by atoms with Gasteiger partial charge in [-0.05, 0) is 12.1 Å². The van der Waals surface area contributed by atoms with Crippen molar-refractivity contribution in [1.82, 2.24) is 20.0 Å². The van der Waals surface area contributed by atoms with Gasteiger partial charge in [0.25, 0.3) is 0 Å². The summed E-state index contributed by atoms with van der Waals surface area (Å²) >= 11 is 14.1. The number of halogens is 3. The summed E-state index contributed by atoms with van der Waals surface area (Å²) in [7, 11) is 0. The van der Waals surface area contributed by atoms with E-state index in [4.69, 9.17) is 37.4 Å². The van der Waals surface area contributed by atoms with Crippen molar-refractivity contribution in [1.29, 1.82) is 0 Å². The van der Waals surface area contributed by atoms with Gasteiger partial charge in [0.15, 0.2) is 11.9 Å². The van der Waals surface area contributed by atoms with Crippen LogP contribution in [0.25, 0.3) is 11.4 Å². The molecule has 1 saturated heterocycles. The molecule has 5 atom stereocenters. The lowest BCUT2D eigenvalue weighted by atomic mass is 9.89. The van der Waals surface area contributed by atoms with Crippen LogP contribution in [-0.2, 0) is 23.8 Å². The lowest BCUT2D eigenvalue weighted by Crippen LogP contribution is -2.52. The summed E-state index contributed by atoms with van der Waals surface area (Å²) in [4.78, 5) is 38.2. The molecule has 0 saturated carbocycles. The number of thioether (sulfide) groups is 1. The maximum absolute atomic E-state index is 14.0. The summed E-state index contributed by atoms with van der Waals surface area (Å²) in [6, 6.07) is 2.15. The zero-order chi connectivity index (χ0) is 26.9. The monoisotopic (exact) mass is 590 g/mol. The highest BCUT2D eigenvalue weighted by Gasteiger charge is 2.48. The number of rotatable bonds is 7. The van der Waals surface area contributed by atoms with Crippen LogP contribution in [-0.4, -0.2) is 56.2 Å². The summed E-state index contributed by atoms with van der Waals surface area (Å²) in [5, 5.41) is 9.67. The molecule has 198 valence electrons. The summed E-state index contributed by atoms with van der Waals surface area (Å²) in [6.07, 6.45) is 0.0972. The van der Waals surface area contributed by atoms with Crippen molar-refractivity contribution < 1.29 is 28.2 Å². The molecule has 2 unspecified atom stereocenters. The molecule has 2 aromatic heterocycles. The van der Waals surface area contributed by atoms with Gasteiger partial charge in [0.05, 0.1) is 34.1 Å². The van der Waals surface area contributed by atoms with E-state index in [2.05, 4.69) is 15.3 Å². The number of H-pyrrole nitrogens is 1. The molecular formula is C22H21Cl2FN4O6S2. The number of aromatic nitrogens is 4. The van der Waals surface area contributed by atoms with Gasteiger partial charge in [-0.3, -0.25) is 14.4 Å². The second-order valence-corrected chi connectivity index (χ2v) is 11.1. The van der Waals surface area contributed by atoms with Crippen LogP contribution in [0.4, 0.5) is 4.39 Å². The first-order valence-corrected chi connectivity index (χ1v) is 13.4. The average Bonchev–Trinajstić information content (AvgIpc) is 3.47. The van der Waals surface area contributed by atoms with Gasteiger partial charge in [0, 0.05) is 30.0 Å². The Bertz CT molecular complexity index is 1340. The van der Waals surface area contributed by atoms with Crippen LogP contribution < -0.4 is 4.87 Å². The summed E-state index contributed by atoms with van der Waals surface area (Å²) in [5.74, 6) is -2.18. The quantitative estimate of drug-likeness (QED) is 0.316. The van der Waals surface area contributed by atoms with Crippen molar-refractivity contribution >= 4 is 58.2 Å². The van der Waals surface area contributed by atoms with Crippen LogP contribution in [0.5, 0.6) is 0 Å². The molecule has 1 aromatic carbocycles. The van der Waals surface area contributed by atoms with E-state index >= 15 is 0 Å². The lowest BCUT2D eigenvalue weighted by Gasteiger charge is -2.44. The Labute approximate surface area is 228 Å². The van der Waals surface area contributed by atoms with Crippen molar-refractivity contribution in [3.8, 4) is 11.4 Å². The number of ether oxygens (including phenoxy) is 3. The molecule has 10 nitrogen and oxygen atoms in total. The fraction of sp³-hybridized carbons (Fsp3) is 0.409. The molecule has 0 bridgehead atoms. The van der Waals surface area contributed by atoms with E-state index in [1.807, 2.05) is 6.92 Å². The molecule has 0 aliphatic carbocycles. The molecule has 1 aliphatic heterocycles. The average molecular weight is 591 g/mol. The highest BCUT2D eigenvalue weighted by Crippen LogP contribution is 2.44. The van der Waals surface area contributed by atoms with Crippen molar-refractivity contribution in [2.75, 3.05) is 6.61 Å². The van der Waals surface area contributed by atoms with E-state index in [0.717, 1.165) is 23.1 Å². The van der Waals surface area contributed by atoms with Crippen molar-refractivity contribution in [3.05, 3.63) is 49.2 Å². The molecule has 15 heteroatoms. The number of aromatic amines is 1. The number of carbonyl (C=O) groups is 2. The van der Waals surface area contributed by atoms with Gasteiger partial charge in [-0.15, -0.1) is 5.10 Å². The number of nitrogens with one attached hydrogen (secondary N) is 1. The minimum atomic E-state index is -0.898. The van der Waals surface area contributed by atoms with E-state index in [1.165, 1.54) is 30.7 Å². The minimum absolute atomic E-state index is 0.0683. The number of hydrogen-bond acceptors (Lipinski definition) is 10. The fourth-order valence-electron chi connectivity index (χ4n) is 3.93. The largest absolute Gasteiger partial charge is 0.463 e. The molecule has 37 heavy (non-hydrogen) atoms. The van der Waals surface area contributed by atoms with Crippen molar-refractivity contribution in [2.45, 2.75) is 49.4 Å². The Morgan fingerprint density at radius 2 is 1.97 bits per heavy atom. The van der Waals surface area contributed by atoms with Crippen LogP contribution in [0.3, 0.4) is 0 Å². The second kappa shape index (κ2) is 11.5. The minimum Gasteiger partial charge on any atom is -0.463 e. The van der Waals surface area contributed by atoms with E-state index in [0.29, 0.717) is 16.3 Å². The smallest absolute Gasteiger partial charge is 0.304 e. The van der Waals surface area contributed by atoms with Crippen LogP contribution in [0.2, 0.25) is 10.0 Å². The predicted molar refractivity (Wildman–Crippen MR) is 135 cm³/mol. The van der Waals surface area contributed by atoms with E-state index in [1.54, 1.807) is 11.6 Å². The Kier molecular flexibility index (Phi) is 8.59. The van der Waals surface area contributed by atoms with E-state index < -0.39 is 41.4 Å². The van der Waals surface area contributed by atoms with Gasteiger partial charge >= 0.3 is 16.8 Å². The Morgan fingerprint density at radius 1 is 1.27 bits per heavy atom. The Morgan fingerprint density at radius 3 is 2.57 bits per heavy atom. The fourth-order valence-corrected chi connectivity index (χ4v) is 6.31. The second-order valence-electron chi connectivity index (χ2n) is 8.23. The number of thiazole rings is 1. The third-order valence-corrected chi connectivity index (χ3v) is 7.95. The van der Waals surface area contributed by atoms with Crippen LogP contribution in [0.1, 0.15) is 26.8 Å². The molecule has 1 aliphatic rings. The molecule has 3 heterocycles. The Balaban J connectivity index is 1.73. The zero-order valence-corrected chi connectivity index (χ0v) is 22.8. The molecular weight excluding hydrogens is 570 g/mol. The van der Waals surface area contributed by atoms with Crippen LogP contribution in [0.15, 0.2) is 33.4 Å². The lowest BCUT2D eigenvalue weighted by molar-refractivity contribution is -0.185. The van der Waals surface area contributed by atoms with Crippen molar-refractivity contribution in [2.24, 2.45) is 5.92 Å². The number of esters is 2. The van der Waals surface area contributed by atoms with Crippen LogP contribution in [0, 0.1) is 11.7 Å². The molecule has 3 aromatic rings. The predicted octanol–water partition coefficient (Wildman–Crippen LogP) is 4.33. The van der Waals surface area contributed by atoms with Gasteiger partial charge in [0.1, 0.15) is 17.7 Å². The standard InChI is InChI=1S/C22H21Cl2FN4O6S2/c1-9-17(7-33-10(2)30)35-21(37-12-4-13(23)18(25)14(24)5-12)20(34-11(3)31)19(9)29-6-15(27-28-29)16-8-36-22(32)26-16/h4-6,8-9,17,19-21H,7H2,1-3H3,(H,26,32)/t9-,17?,19?,20-,21+/m0/s1. The summed E-state index contributed by atoms with van der Waals surface area (Å²) < 4.78 is 32.7. The SMILES string of the molecule is CC(=O)OCC1O[C@H](Sc2cc(Cl)c(F)c(Cl)c2)[C@@H](OC(C)=O)C(n2cc(-c3csc(=O)[nH]3)nn2)[C@H]1C. The third kappa shape index (κ3) is 6.34. The van der Waals surface area contributed by atoms with E-state index in [9.17, 15) is 18.8 Å². The molecule has 1 N–H and O–H groups in total. The van der Waals surface area contributed by atoms with Gasteiger partial charge in [0.2, 0.25) is 0 Å². The molecule has 1 fully saturated rings. The van der Waals surface area contributed by atoms with E-state index in [-0.39, 0.29) is 27.4 Å². The zero-order valence-electron chi connectivity index (χ0n) is 19.6. The van der Waals surface area contributed by atoms with Gasteiger partial charge in [-0.1, -0.05) is 58.4 Å². The van der Waals surface area contributed by atoms with Crippen molar-refractivity contribution in [3.63, 3.8) is 0 Å². The first-order valence-electron chi connectivity index (χ1n) is 10.9. The molecule has 0 amide bonds.